The number of hydrogen-bond donors (Lipinski definition) is 1. The molecule has 1 N–H and O–H groups in total. The number of carbonyl (C=O) groups is 1. The summed E-state index contributed by atoms with van der Waals surface area (Å²) in [7, 11) is 0. The molecule has 0 saturated heterocycles. The molecule has 0 bridgehead atoms. The van der Waals surface area contributed by atoms with Gasteiger partial charge in [0, 0.05) is 29.8 Å². The molecule has 0 saturated carbocycles. The molecule has 1 heterocycles. The van der Waals surface area contributed by atoms with Crippen LogP contribution in [-0.4, -0.2) is 26.8 Å². The number of rotatable bonds is 7. The van der Waals surface area contributed by atoms with Gasteiger partial charge in [-0.15, -0.1) is 0 Å². The van der Waals surface area contributed by atoms with E-state index >= 15 is 0 Å². The van der Waals surface area contributed by atoms with Gasteiger partial charge in [0.05, 0.1) is 0 Å². The fourth-order valence-electron chi connectivity index (χ4n) is 1.17. The van der Waals surface area contributed by atoms with E-state index in [-0.39, 0.29) is 0 Å². The van der Waals surface area contributed by atoms with Crippen molar-refractivity contribution in [1.82, 2.24) is 9.97 Å². The lowest BCUT2D eigenvalue weighted by Gasteiger charge is -1.99. The van der Waals surface area contributed by atoms with E-state index in [1.165, 1.54) is 25.3 Å². The van der Waals surface area contributed by atoms with Crippen molar-refractivity contribution in [3.63, 3.8) is 0 Å². The van der Waals surface area contributed by atoms with Crippen molar-refractivity contribution in [1.29, 1.82) is 0 Å². The second kappa shape index (κ2) is 7.84. The minimum Gasteiger partial charge on any atom is -0.478 e. The number of hydrogen-bond acceptors (Lipinski definition) is 4. The summed E-state index contributed by atoms with van der Waals surface area (Å²) in [5, 5.41) is 9.21. The lowest BCUT2D eigenvalue weighted by Crippen LogP contribution is -1.90. The van der Waals surface area contributed by atoms with Crippen molar-refractivity contribution < 1.29 is 9.90 Å². The number of carboxylic acids is 1. The molecule has 1 rings (SSSR count). The van der Waals surface area contributed by atoms with Crippen LogP contribution in [0.4, 0.5) is 0 Å². The van der Waals surface area contributed by atoms with Crippen LogP contribution in [0.15, 0.2) is 23.6 Å². The van der Waals surface area contributed by atoms with Crippen LogP contribution >= 0.6 is 11.8 Å². The van der Waals surface area contributed by atoms with Crippen molar-refractivity contribution in [3.05, 3.63) is 24.0 Å². The third-order valence-electron chi connectivity index (χ3n) is 2.05. The average molecular weight is 252 g/mol. The van der Waals surface area contributed by atoms with E-state index in [2.05, 4.69) is 16.9 Å². The summed E-state index contributed by atoms with van der Waals surface area (Å²) in [6, 6.07) is 0. The van der Waals surface area contributed by atoms with Gasteiger partial charge in [-0.05, 0) is 12.5 Å². The smallest absolute Gasteiger partial charge is 0.328 e. The van der Waals surface area contributed by atoms with Crippen LogP contribution in [0.3, 0.4) is 0 Å². The van der Waals surface area contributed by atoms with Crippen LogP contribution in [0.5, 0.6) is 0 Å². The minimum absolute atomic E-state index is 0.699. The van der Waals surface area contributed by atoms with Gasteiger partial charge < -0.3 is 5.11 Å². The Morgan fingerprint density at radius 3 is 2.71 bits per heavy atom. The zero-order valence-corrected chi connectivity index (χ0v) is 10.6. The molecule has 5 heteroatoms. The van der Waals surface area contributed by atoms with Crippen LogP contribution in [0, 0.1) is 0 Å². The molecule has 0 fully saturated rings. The van der Waals surface area contributed by atoms with Crippen LogP contribution in [-0.2, 0) is 4.79 Å². The highest BCUT2D eigenvalue weighted by atomic mass is 32.2. The summed E-state index contributed by atoms with van der Waals surface area (Å²) in [6.45, 7) is 2.17. The normalized spacial score (nSPS) is 10.9. The maximum atomic E-state index is 10.3. The highest BCUT2D eigenvalue weighted by molar-refractivity contribution is 7.99. The van der Waals surface area contributed by atoms with E-state index < -0.39 is 5.97 Å². The van der Waals surface area contributed by atoms with Gasteiger partial charge in [0.15, 0.2) is 5.16 Å². The SMILES string of the molecule is CCCCCSc1ncc(/C=C/C(=O)O)cn1. The topological polar surface area (TPSA) is 63.1 Å². The van der Waals surface area contributed by atoms with Crippen LogP contribution in [0.1, 0.15) is 31.7 Å². The Labute approximate surface area is 105 Å². The van der Waals surface area contributed by atoms with E-state index in [1.807, 2.05) is 0 Å². The molecule has 0 aliphatic carbocycles. The molecular weight excluding hydrogens is 236 g/mol. The minimum atomic E-state index is -0.969. The van der Waals surface area contributed by atoms with Gasteiger partial charge in [-0.2, -0.15) is 0 Å². The second-order valence-corrected chi connectivity index (χ2v) is 4.59. The molecule has 0 unspecified atom stereocenters. The summed E-state index contributed by atoms with van der Waals surface area (Å²) < 4.78 is 0. The van der Waals surface area contributed by atoms with Gasteiger partial charge in [0.2, 0.25) is 0 Å². The Hall–Kier alpha value is -1.36. The molecule has 0 aliphatic heterocycles. The summed E-state index contributed by atoms with van der Waals surface area (Å²) in [4.78, 5) is 18.6. The molecule has 92 valence electrons. The molecule has 17 heavy (non-hydrogen) atoms. The summed E-state index contributed by atoms with van der Waals surface area (Å²) in [5.41, 5.74) is 0.699. The molecule has 0 atom stereocenters. The molecule has 0 aromatic carbocycles. The fourth-order valence-corrected chi connectivity index (χ4v) is 1.96. The molecule has 0 radical (unpaired) electrons. The molecular formula is C12H16N2O2S. The van der Waals surface area contributed by atoms with E-state index in [0.29, 0.717) is 5.56 Å². The first-order valence-electron chi connectivity index (χ1n) is 5.58. The number of aliphatic carboxylic acids is 1. The zero-order valence-electron chi connectivity index (χ0n) is 9.80. The van der Waals surface area contributed by atoms with Gasteiger partial charge in [-0.3, -0.25) is 0 Å². The third kappa shape index (κ3) is 6.06. The first kappa shape index (κ1) is 13.7. The average Bonchev–Trinajstić information content (AvgIpc) is 2.33. The predicted molar refractivity (Wildman–Crippen MR) is 69.0 cm³/mol. The Kier molecular flexibility index (Phi) is 6.32. The fraction of sp³-hybridized carbons (Fsp3) is 0.417. The van der Waals surface area contributed by atoms with Crippen molar-refractivity contribution in [3.8, 4) is 0 Å². The van der Waals surface area contributed by atoms with E-state index in [4.69, 9.17) is 5.11 Å². The van der Waals surface area contributed by atoms with E-state index in [9.17, 15) is 4.79 Å². The summed E-state index contributed by atoms with van der Waals surface area (Å²) in [6.07, 6.45) is 9.43. The van der Waals surface area contributed by atoms with E-state index in [1.54, 1.807) is 24.2 Å². The molecule has 0 aliphatic rings. The second-order valence-electron chi connectivity index (χ2n) is 3.53. The van der Waals surface area contributed by atoms with Crippen molar-refractivity contribution in [2.45, 2.75) is 31.3 Å². The van der Waals surface area contributed by atoms with Gasteiger partial charge in [-0.25, -0.2) is 14.8 Å². The standard InChI is InChI=1S/C12H16N2O2S/c1-2-3-4-7-17-12-13-8-10(9-14-12)5-6-11(15)16/h5-6,8-9H,2-4,7H2,1H3,(H,15,16)/b6-5+. The Balaban J connectivity index is 2.42. The van der Waals surface area contributed by atoms with Crippen LogP contribution in [0.25, 0.3) is 6.08 Å². The highest BCUT2D eigenvalue weighted by Gasteiger charge is 1.97. The third-order valence-corrected chi connectivity index (χ3v) is 3.01. The van der Waals surface area contributed by atoms with Gasteiger partial charge in [-0.1, -0.05) is 31.5 Å². The molecule has 1 aromatic heterocycles. The lowest BCUT2D eigenvalue weighted by atomic mass is 10.3. The lowest BCUT2D eigenvalue weighted by molar-refractivity contribution is -0.131. The predicted octanol–water partition coefficient (Wildman–Crippen LogP) is 2.86. The monoisotopic (exact) mass is 252 g/mol. The Bertz CT molecular complexity index is 377. The number of thioether (sulfide) groups is 1. The Morgan fingerprint density at radius 2 is 2.12 bits per heavy atom. The quantitative estimate of drug-likeness (QED) is 0.350. The first-order chi connectivity index (χ1) is 8.22. The molecule has 1 aromatic rings. The largest absolute Gasteiger partial charge is 0.478 e. The number of nitrogens with zero attached hydrogens (tertiary/aromatic N) is 2. The number of unbranched alkanes of at least 4 members (excludes halogenated alkanes) is 2. The van der Waals surface area contributed by atoms with Crippen LogP contribution < -0.4 is 0 Å². The number of aromatic nitrogens is 2. The first-order valence-corrected chi connectivity index (χ1v) is 6.56. The maximum absolute atomic E-state index is 10.3. The van der Waals surface area contributed by atoms with Crippen LogP contribution in [0.2, 0.25) is 0 Å². The number of carboxylic acid groups (broad SMARTS) is 1. The summed E-state index contributed by atoms with van der Waals surface area (Å²) in [5.74, 6) is 0.0565. The Morgan fingerprint density at radius 1 is 1.41 bits per heavy atom. The van der Waals surface area contributed by atoms with Crippen molar-refractivity contribution in [2.75, 3.05) is 5.75 Å². The molecule has 0 spiro atoms. The molecule has 4 nitrogen and oxygen atoms in total. The van der Waals surface area contributed by atoms with E-state index in [0.717, 1.165) is 17.0 Å². The van der Waals surface area contributed by atoms with Crippen molar-refractivity contribution in [2.24, 2.45) is 0 Å². The van der Waals surface area contributed by atoms with Crippen molar-refractivity contribution >= 4 is 23.8 Å². The van der Waals surface area contributed by atoms with Gasteiger partial charge in [0.1, 0.15) is 0 Å². The zero-order chi connectivity index (χ0) is 12.5. The van der Waals surface area contributed by atoms with Gasteiger partial charge in [0.25, 0.3) is 0 Å². The molecule has 0 amide bonds. The summed E-state index contributed by atoms with van der Waals surface area (Å²) >= 11 is 1.63. The van der Waals surface area contributed by atoms with Gasteiger partial charge >= 0.3 is 5.97 Å². The highest BCUT2D eigenvalue weighted by Crippen LogP contribution is 2.14. The maximum Gasteiger partial charge on any atom is 0.328 e.